The van der Waals surface area contributed by atoms with Gasteiger partial charge in [-0.1, -0.05) is 59.3 Å². The minimum atomic E-state index is 0.300. The molecule has 94 valence electrons. The molecule has 0 bridgehead atoms. The zero-order valence-corrected chi connectivity index (χ0v) is 11.8. The van der Waals surface area contributed by atoms with Crippen molar-refractivity contribution >= 4 is 0 Å². The van der Waals surface area contributed by atoms with Crippen molar-refractivity contribution in [1.82, 2.24) is 5.32 Å². The number of unbranched alkanes of at least 4 members (excludes halogenated alkanes) is 1. The van der Waals surface area contributed by atoms with Crippen molar-refractivity contribution in [3.8, 4) is 0 Å². The van der Waals surface area contributed by atoms with Gasteiger partial charge in [-0.15, -0.1) is 0 Å². The summed E-state index contributed by atoms with van der Waals surface area (Å²) in [4.78, 5) is 0. The quantitative estimate of drug-likeness (QED) is 0.619. The fourth-order valence-corrected chi connectivity index (χ4v) is 1.79. The summed E-state index contributed by atoms with van der Waals surface area (Å²) in [6.07, 6.45) is 4.66. The molecule has 1 unspecified atom stereocenters. The predicted molar refractivity (Wildman–Crippen MR) is 74.5 cm³/mol. The first-order chi connectivity index (χ1) is 7.26. The fraction of sp³-hybridized carbons (Fsp3) is 0.733. The molecule has 0 heterocycles. The van der Waals surface area contributed by atoms with Gasteiger partial charge in [0.2, 0.25) is 0 Å². The average Bonchev–Trinajstić information content (AvgIpc) is 2.08. The molecular weight excluding hydrogens is 194 g/mol. The molecule has 0 aromatic rings. The van der Waals surface area contributed by atoms with Crippen LogP contribution in [0.1, 0.15) is 60.3 Å². The lowest BCUT2D eigenvalue weighted by molar-refractivity contribution is 0.391. The van der Waals surface area contributed by atoms with Crippen molar-refractivity contribution in [3.63, 3.8) is 0 Å². The normalized spacial score (nSPS) is 13.3. The van der Waals surface area contributed by atoms with E-state index in [1.165, 1.54) is 18.4 Å². The second-order valence-electron chi connectivity index (χ2n) is 6.03. The van der Waals surface area contributed by atoms with Gasteiger partial charge in [0.05, 0.1) is 0 Å². The maximum Gasteiger partial charge on any atom is 0.0465 e. The number of hydrogen-bond acceptors (Lipinski definition) is 1. The van der Waals surface area contributed by atoms with Crippen LogP contribution in [0.25, 0.3) is 0 Å². The van der Waals surface area contributed by atoms with E-state index in [1.807, 2.05) is 0 Å². The average molecular weight is 223 g/mol. The first kappa shape index (κ1) is 15.3. The van der Waals surface area contributed by atoms with Gasteiger partial charge in [-0.25, -0.2) is 0 Å². The van der Waals surface area contributed by atoms with Gasteiger partial charge >= 0.3 is 0 Å². The monoisotopic (exact) mass is 223 g/mol. The number of nitrogens with one attached hydrogen (secondary N) is 1. The first-order valence-corrected chi connectivity index (χ1v) is 6.36. The SMILES string of the molecule is C=C(CC(C)(C)C)NC(CCCC)C(=C)C. The van der Waals surface area contributed by atoms with E-state index < -0.39 is 0 Å². The van der Waals surface area contributed by atoms with Gasteiger partial charge in [0.1, 0.15) is 0 Å². The highest BCUT2D eigenvalue weighted by Gasteiger charge is 2.15. The molecule has 0 saturated heterocycles. The first-order valence-electron chi connectivity index (χ1n) is 6.36. The molecule has 0 aliphatic carbocycles. The summed E-state index contributed by atoms with van der Waals surface area (Å²) in [6.45, 7) is 19.2. The Kier molecular flexibility index (Phi) is 6.47. The van der Waals surface area contributed by atoms with E-state index in [0.29, 0.717) is 11.5 Å². The zero-order valence-electron chi connectivity index (χ0n) is 11.8. The summed E-state index contributed by atoms with van der Waals surface area (Å²) < 4.78 is 0. The minimum absolute atomic E-state index is 0.300. The van der Waals surface area contributed by atoms with E-state index >= 15 is 0 Å². The summed E-state index contributed by atoms with van der Waals surface area (Å²) >= 11 is 0. The van der Waals surface area contributed by atoms with E-state index in [-0.39, 0.29) is 0 Å². The van der Waals surface area contributed by atoms with Crippen LogP contribution in [-0.4, -0.2) is 6.04 Å². The molecule has 0 saturated carbocycles. The molecule has 0 radical (unpaired) electrons. The predicted octanol–water partition coefficient (Wildman–Crippen LogP) is 4.66. The zero-order chi connectivity index (χ0) is 12.8. The highest BCUT2D eigenvalue weighted by Crippen LogP contribution is 2.23. The standard InChI is InChI=1S/C15H29N/c1-8-9-10-14(12(2)3)16-13(4)11-15(5,6)7/h14,16H,2,4,8-11H2,1,3,5-7H3. The molecular formula is C15H29N. The van der Waals surface area contributed by atoms with Gasteiger partial charge in [0.25, 0.3) is 0 Å². The Bertz CT molecular complexity index is 232. The third kappa shape index (κ3) is 7.56. The molecule has 0 aliphatic rings. The largest absolute Gasteiger partial charge is 0.382 e. The van der Waals surface area contributed by atoms with Gasteiger partial charge in [0, 0.05) is 11.7 Å². The van der Waals surface area contributed by atoms with E-state index in [0.717, 1.165) is 18.5 Å². The van der Waals surface area contributed by atoms with Crippen LogP contribution < -0.4 is 5.32 Å². The molecule has 1 heteroatoms. The van der Waals surface area contributed by atoms with E-state index in [2.05, 4.69) is 53.1 Å². The number of rotatable bonds is 7. The van der Waals surface area contributed by atoms with Gasteiger partial charge in [0.15, 0.2) is 0 Å². The third-order valence-electron chi connectivity index (χ3n) is 2.56. The van der Waals surface area contributed by atoms with Crippen LogP contribution >= 0.6 is 0 Å². The lowest BCUT2D eigenvalue weighted by atomic mass is 9.90. The maximum atomic E-state index is 4.12. The molecule has 0 amide bonds. The Morgan fingerprint density at radius 3 is 2.19 bits per heavy atom. The summed E-state index contributed by atoms with van der Waals surface area (Å²) in [7, 11) is 0. The smallest absolute Gasteiger partial charge is 0.0465 e. The van der Waals surface area contributed by atoms with Crippen molar-refractivity contribution in [2.45, 2.75) is 66.3 Å². The fourth-order valence-electron chi connectivity index (χ4n) is 1.79. The van der Waals surface area contributed by atoms with Crippen LogP contribution in [0.4, 0.5) is 0 Å². The summed E-state index contributed by atoms with van der Waals surface area (Å²) in [5.74, 6) is 0. The molecule has 0 rings (SSSR count). The van der Waals surface area contributed by atoms with Crippen molar-refractivity contribution in [2.75, 3.05) is 0 Å². The van der Waals surface area contributed by atoms with Crippen LogP contribution in [0.2, 0.25) is 0 Å². The van der Waals surface area contributed by atoms with Gasteiger partial charge in [-0.3, -0.25) is 0 Å². The van der Waals surface area contributed by atoms with Crippen LogP contribution in [0.3, 0.4) is 0 Å². The lowest BCUT2D eigenvalue weighted by Crippen LogP contribution is -2.30. The Morgan fingerprint density at radius 1 is 1.25 bits per heavy atom. The van der Waals surface area contributed by atoms with E-state index in [9.17, 15) is 0 Å². The van der Waals surface area contributed by atoms with Crippen molar-refractivity contribution in [2.24, 2.45) is 5.41 Å². The Balaban J connectivity index is 4.19. The Morgan fingerprint density at radius 2 is 1.81 bits per heavy atom. The molecule has 0 spiro atoms. The van der Waals surface area contributed by atoms with Crippen LogP contribution in [0.5, 0.6) is 0 Å². The maximum absolute atomic E-state index is 4.12. The number of hydrogen-bond donors (Lipinski definition) is 1. The Labute approximate surface area is 102 Å². The minimum Gasteiger partial charge on any atom is -0.382 e. The molecule has 0 aromatic carbocycles. The molecule has 1 atom stereocenters. The summed E-state index contributed by atoms with van der Waals surface area (Å²) in [6, 6.07) is 0.398. The van der Waals surface area contributed by atoms with Crippen molar-refractivity contribution < 1.29 is 0 Å². The summed E-state index contributed by atoms with van der Waals surface area (Å²) in [5, 5.41) is 3.51. The van der Waals surface area contributed by atoms with Crippen molar-refractivity contribution in [3.05, 3.63) is 24.4 Å². The third-order valence-corrected chi connectivity index (χ3v) is 2.56. The van der Waals surface area contributed by atoms with Crippen LogP contribution in [-0.2, 0) is 0 Å². The van der Waals surface area contributed by atoms with E-state index in [4.69, 9.17) is 0 Å². The lowest BCUT2D eigenvalue weighted by Gasteiger charge is -2.26. The van der Waals surface area contributed by atoms with Crippen LogP contribution in [0.15, 0.2) is 24.4 Å². The second kappa shape index (κ2) is 6.78. The van der Waals surface area contributed by atoms with Gasteiger partial charge in [-0.05, 0) is 25.2 Å². The molecule has 1 N–H and O–H groups in total. The topological polar surface area (TPSA) is 12.0 Å². The number of allylic oxidation sites excluding steroid dienone is 1. The second-order valence-corrected chi connectivity index (χ2v) is 6.03. The van der Waals surface area contributed by atoms with Crippen molar-refractivity contribution in [1.29, 1.82) is 0 Å². The van der Waals surface area contributed by atoms with E-state index in [1.54, 1.807) is 0 Å². The van der Waals surface area contributed by atoms with Crippen LogP contribution in [0, 0.1) is 5.41 Å². The summed E-state index contributed by atoms with van der Waals surface area (Å²) in [5.41, 5.74) is 2.65. The van der Waals surface area contributed by atoms with Gasteiger partial charge in [-0.2, -0.15) is 0 Å². The highest BCUT2D eigenvalue weighted by molar-refractivity contribution is 5.08. The Hall–Kier alpha value is -0.720. The molecule has 1 nitrogen and oxygen atoms in total. The molecule has 0 aliphatic heterocycles. The molecule has 16 heavy (non-hydrogen) atoms. The molecule has 0 aromatic heterocycles. The highest BCUT2D eigenvalue weighted by atomic mass is 14.9. The molecule has 0 fully saturated rings. The van der Waals surface area contributed by atoms with Gasteiger partial charge < -0.3 is 5.32 Å².